The number of ether oxygens (including phenoxy) is 1. The zero-order chi connectivity index (χ0) is 25.3. The van der Waals surface area contributed by atoms with Gasteiger partial charge < -0.3 is 20.3 Å². The molecule has 0 radical (unpaired) electrons. The van der Waals surface area contributed by atoms with Gasteiger partial charge in [-0.2, -0.15) is 5.26 Å². The summed E-state index contributed by atoms with van der Waals surface area (Å²) in [6, 6.07) is 22.0. The quantitative estimate of drug-likeness (QED) is 0.483. The van der Waals surface area contributed by atoms with Crippen molar-refractivity contribution in [3.8, 4) is 11.8 Å². The zero-order valence-electron chi connectivity index (χ0n) is 20.2. The van der Waals surface area contributed by atoms with E-state index in [1.54, 1.807) is 42.3 Å². The first kappa shape index (κ1) is 24.9. The van der Waals surface area contributed by atoms with Crippen molar-refractivity contribution in [2.45, 2.75) is 31.9 Å². The molecule has 0 aliphatic carbocycles. The van der Waals surface area contributed by atoms with Crippen LogP contribution in [0.25, 0.3) is 0 Å². The Balaban J connectivity index is 1.35. The third-order valence-electron chi connectivity index (χ3n) is 6.12. The van der Waals surface area contributed by atoms with Crippen LogP contribution in [0.5, 0.6) is 5.75 Å². The summed E-state index contributed by atoms with van der Waals surface area (Å²) in [5, 5.41) is 15.2. The molecule has 2 atom stereocenters. The van der Waals surface area contributed by atoms with Gasteiger partial charge in [-0.3, -0.25) is 9.59 Å². The van der Waals surface area contributed by atoms with E-state index in [1.165, 1.54) is 0 Å². The van der Waals surface area contributed by atoms with E-state index in [0.717, 1.165) is 24.0 Å². The Kier molecular flexibility index (Phi) is 8.27. The van der Waals surface area contributed by atoms with Crippen LogP contribution in [0.4, 0.5) is 5.82 Å². The van der Waals surface area contributed by atoms with Crippen LogP contribution in [0, 0.1) is 11.3 Å². The average molecular weight is 484 g/mol. The molecule has 8 heteroatoms. The molecule has 36 heavy (non-hydrogen) atoms. The fourth-order valence-corrected chi connectivity index (χ4v) is 4.14. The number of benzene rings is 2. The van der Waals surface area contributed by atoms with Gasteiger partial charge in [0.25, 0.3) is 0 Å². The highest BCUT2D eigenvalue weighted by Crippen LogP contribution is 2.20. The number of aromatic nitrogens is 1. The Morgan fingerprint density at radius 1 is 1.14 bits per heavy atom. The fraction of sp³-hybridized carbons (Fsp3) is 0.286. The Morgan fingerprint density at radius 3 is 2.56 bits per heavy atom. The molecule has 184 valence electrons. The highest BCUT2D eigenvalue weighted by molar-refractivity contribution is 5.94. The molecule has 2 N–H and O–H groups in total. The van der Waals surface area contributed by atoms with Gasteiger partial charge in [0.15, 0.2) is 0 Å². The van der Waals surface area contributed by atoms with E-state index < -0.39 is 6.04 Å². The van der Waals surface area contributed by atoms with E-state index in [4.69, 9.17) is 10.00 Å². The molecule has 1 aromatic heterocycles. The number of carbonyl (C=O) groups excluding carboxylic acids is 2. The van der Waals surface area contributed by atoms with Crippen LogP contribution in [0.3, 0.4) is 0 Å². The molecule has 1 saturated heterocycles. The lowest BCUT2D eigenvalue weighted by atomic mass is 10.1. The second-order valence-corrected chi connectivity index (χ2v) is 8.72. The Bertz CT molecular complexity index is 1210. The highest BCUT2D eigenvalue weighted by Gasteiger charge is 2.26. The molecule has 1 aliphatic heterocycles. The van der Waals surface area contributed by atoms with Gasteiger partial charge in [-0.05, 0) is 41.8 Å². The van der Waals surface area contributed by atoms with Crippen LogP contribution in [0.2, 0.25) is 0 Å². The Labute approximate surface area is 210 Å². The standard InChI is InChI=1S/C28H29N5O3/c1-20(34)33-16-14-25(19-33)36-24-11-12-26(31-18-24)32-28(35)27(23-5-3-2-4-6-23)30-15-13-21-7-9-22(17-29)10-8-21/h2-12,18,25,27,30H,13-16,19H2,1H3,(H,31,32,35). The van der Waals surface area contributed by atoms with E-state index in [-0.39, 0.29) is 17.9 Å². The largest absolute Gasteiger partial charge is 0.487 e. The third kappa shape index (κ3) is 6.68. The van der Waals surface area contributed by atoms with Gasteiger partial charge in [-0.15, -0.1) is 0 Å². The number of nitrogens with zero attached hydrogens (tertiary/aromatic N) is 3. The van der Waals surface area contributed by atoms with E-state index in [9.17, 15) is 9.59 Å². The number of nitrogens with one attached hydrogen (secondary N) is 2. The number of carbonyl (C=O) groups is 2. The van der Waals surface area contributed by atoms with Crippen molar-refractivity contribution in [3.05, 3.63) is 89.6 Å². The number of nitriles is 1. The van der Waals surface area contributed by atoms with Crippen molar-refractivity contribution in [3.63, 3.8) is 0 Å². The SMILES string of the molecule is CC(=O)N1CCC(Oc2ccc(NC(=O)C(NCCc3ccc(C#N)cc3)c3ccccc3)nc2)C1. The second kappa shape index (κ2) is 12.0. The monoisotopic (exact) mass is 483 g/mol. The van der Waals surface area contributed by atoms with Gasteiger partial charge in [0.05, 0.1) is 24.4 Å². The molecule has 3 aromatic rings. The third-order valence-corrected chi connectivity index (χ3v) is 6.12. The minimum Gasteiger partial charge on any atom is -0.487 e. The summed E-state index contributed by atoms with van der Waals surface area (Å²) in [6.45, 7) is 3.41. The summed E-state index contributed by atoms with van der Waals surface area (Å²) in [5.41, 5.74) is 2.56. The van der Waals surface area contributed by atoms with E-state index in [2.05, 4.69) is 21.7 Å². The predicted molar refractivity (Wildman–Crippen MR) is 136 cm³/mol. The molecule has 2 unspecified atom stereocenters. The number of anilines is 1. The molecule has 4 rings (SSSR count). The van der Waals surface area contributed by atoms with Crippen molar-refractivity contribution in [2.24, 2.45) is 0 Å². The molecule has 0 bridgehead atoms. The van der Waals surface area contributed by atoms with Crippen molar-refractivity contribution in [1.82, 2.24) is 15.2 Å². The van der Waals surface area contributed by atoms with Gasteiger partial charge in [0.1, 0.15) is 23.7 Å². The maximum Gasteiger partial charge on any atom is 0.247 e. The first-order chi connectivity index (χ1) is 17.5. The first-order valence-electron chi connectivity index (χ1n) is 12.0. The first-order valence-corrected chi connectivity index (χ1v) is 12.0. The topological polar surface area (TPSA) is 107 Å². The van der Waals surface area contributed by atoms with E-state index >= 15 is 0 Å². The molecule has 1 fully saturated rings. The average Bonchev–Trinajstić information content (AvgIpc) is 3.37. The summed E-state index contributed by atoms with van der Waals surface area (Å²) in [5.74, 6) is 0.869. The van der Waals surface area contributed by atoms with Crippen molar-refractivity contribution >= 4 is 17.6 Å². The van der Waals surface area contributed by atoms with Gasteiger partial charge in [-0.25, -0.2) is 4.98 Å². The van der Waals surface area contributed by atoms with Crippen LogP contribution in [-0.2, 0) is 16.0 Å². The molecular weight excluding hydrogens is 454 g/mol. The number of hydrogen-bond donors (Lipinski definition) is 2. The second-order valence-electron chi connectivity index (χ2n) is 8.72. The van der Waals surface area contributed by atoms with Crippen LogP contribution in [0.15, 0.2) is 72.9 Å². The lowest BCUT2D eigenvalue weighted by Crippen LogP contribution is -2.34. The lowest BCUT2D eigenvalue weighted by molar-refractivity contribution is -0.128. The number of rotatable bonds is 9. The molecular formula is C28H29N5O3. The summed E-state index contributed by atoms with van der Waals surface area (Å²) < 4.78 is 5.94. The maximum absolute atomic E-state index is 13.2. The van der Waals surface area contributed by atoms with E-state index in [1.807, 2.05) is 42.5 Å². The van der Waals surface area contributed by atoms with Crippen LogP contribution in [0.1, 0.15) is 36.1 Å². The van der Waals surface area contributed by atoms with Crippen molar-refractivity contribution in [1.29, 1.82) is 5.26 Å². The number of likely N-dealkylation sites (tertiary alicyclic amines) is 1. The van der Waals surface area contributed by atoms with Gasteiger partial charge >= 0.3 is 0 Å². The Hall–Kier alpha value is -4.22. The van der Waals surface area contributed by atoms with Gasteiger partial charge in [0.2, 0.25) is 11.8 Å². The number of pyridine rings is 1. The number of hydrogen-bond acceptors (Lipinski definition) is 6. The molecule has 8 nitrogen and oxygen atoms in total. The molecule has 1 aliphatic rings. The number of amides is 2. The van der Waals surface area contributed by atoms with Crippen molar-refractivity contribution < 1.29 is 14.3 Å². The predicted octanol–water partition coefficient (Wildman–Crippen LogP) is 3.46. The van der Waals surface area contributed by atoms with E-state index in [0.29, 0.717) is 36.8 Å². The lowest BCUT2D eigenvalue weighted by Gasteiger charge is -2.19. The summed E-state index contributed by atoms with van der Waals surface area (Å²) in [7, 11) is 0. The molecule has 0 spiro atoms. The minimum atomic E-state index is -0.557. The van der Waals surface area contributed by atoms with Gasteiger partial charge in [0, 0.05) is 26.4 Å². The molecule has 2 aromatic carbocycles. The maximum atomic E-state index is 13.2. The smallest absolute Gasteiger partial charge is 0.247 e. The minimum absolute atomic E-state index is 0.0516. The molecule has 0 saturated carbocycles. The van der Waals surface area contributed by atoms with Crippen LogP contribution < -0.4 is 15.4 Å². The fourth-order valence-electron chi connectivity index (χ4n) is 4.14. The van der Waals surface area contributed by atoms with Crippen LogP contribution in [-0.4, -0.2) is 47.4 Å². The van der Waals surface area contributed by atoms with Crippen LogP contribution >= 0.6 is 0 Å². The summed E-state index contributed by atoms with van der Waals surface area (Å²) >= 11 is 0. The van der Waals surface area contributed by atoms with Crippen molar-refractivity contribution in [2.75, 3.05) is 25.0 Å². The summed E-state index contributed by atoms with van der Waals surface area (Å²) in [6.07, 6.45) is 3.03. The molecule has 2 heterocycles. The molecule has 2 amide bonds. The van der Waals surface area contributed by atoms with Gasteiger partial charge in [-0.1, -0.05) is 42.5 Å². The Morgan fingerprint density at radius 2 is 1.92 bits per heavy atom. The summed E-state index contributed by atoms with van der Waals surface area (Å²) in [4.78, 5) is 30.8. The normalized spacial score (nSPS) is 15.7. The highest BCUT2D eigenvalue weighted by atomic mass is 16.5. The zero-order valence-corrected chi connectivity index (χ0v) is 20.2.